The predicted octanol–water partition coefficient (Wildman–Crippen LogP) is 3.91. The summed E-state index contributed by atoms with van der Waals surface area (Å²) < 4.78 is 5.17. The Morgan fingerprint density at radius 3 is 2.61 bits per heavy atom. The lowest BCUT2D eigenvalue weighted by atomic mass is 9.99. The van der Waals surface area contributed by atoms with Crippen molar-refractivity contribution in [3.05, 3.63) is 65.2 Å². The van der Waals surface area contributed by atoms with E-state index in [1.807, 2.05) is 29.2 Å². The number of hydrogen-bond donors (Lipinski definition) is 0. The Balaban J connectivity index is 1.74. The molecule has 1 aliphatic heterocycles. The molecule has 0 N–H and O–H groups in total. The van der Waals surface area contributed by atoms with Gasteiger partial charge >= 0.3 is 0 Å². The summed E-state index contributed by atoms with van der Waals surface area (Å²) in [7, 11) is 1.65. The Bertz CT molecular complexity index is 678. The summed E-state index contributed by atoms with van der Waals surface area (Å²) in [5.74, 6) is 1.03. The smallest absolute Gasteiger partial charge is 0.227 e. The van der Waals surface area contributed by atoms with E-state index in [1.54, 1.807) is 7.11 Å². The highest BCUT2D eigenvalue weighted by atomic mass is 16.5. The number of carbonyl (C=O) groups excluding carboxylic acids is 1. The molecule has 1 heterocycles. The van der Waals surface area contributed by atoms with Crippen LogP contribution in [0.3, 0.4) is 0 Å². The van der Waals surface area contributed by atoms with E-state index in [9.17, 15) is 4.79 Å². The Labute approximate surface area is 137 Å². The summed E-state index contributed by atoms with van der Waals surface area (Å²) >= 11 is 0. The third-order valence-corrected chi connectivity index (χ3v) is 4.64. The normalized spacial score (nSPS) is 17.3. The molecule has 1 amide bonds. The molecule has 0 aromatic heterocycles. The number of carbonyl (C=O) groups is 1. The van der Waals surface area contributed by atoms with Crippen LogP contribution in [0.4, 0.5) is 0 Å². The molecule has 23 heavy (non-hydrogen) atoms. The molecule has 1 atom stereocenters. The van der Waals surface area contributed by atoms with E-state index < -0.39 is 0 Å². The van der Waals surface area contributed by atoms with Crippen LogP contribution in [0, 0.1) is 6.92 Å². The van der Waals surface area contributed by atoms with Gasteiger partial charge in [0.05, 0.1) is 19.6 Å². The summed E-state index contributed by atoms with van der Waals surface area (Å²) in [4.78, 5) is 14.8. The third-order valence-electron chi connectivity index (χ3n) is 4.64. The zero-order valence-corrected chi connectivity index (χ0v) is 13.8. The first-order chi connectivity index (χ1) is 11.2. The van der Waals surface area contributed by atoms with Gasteiger partial charge in [-0.25, -0.2) is 0 Å². The molecular formula is C20H23NO2. The fourth-order valence-electron chi connectivity index (χ4n) is 3.37. The SMILES string of the molecule is COc1ccc(CC(=O)N2CCC[C@H]2c2ccccc2C)cc1. The maximum atomic E-state index is 12.8. The quantitative estimate of drug-likeness (QED) is 0.857. The first kappa shape index (κ1) is 15.6. The van der Waals surface area contributed by atoms with Crippen molar-refractivity contribution < 1.29 is 9.53 Å². The van der Waals surface area contributed by atoms with Gasteiger partial charge in [0.1, 0.15) is 5.75 Å². The molecule has 0 bridgehead atoms. The van der Waals surface area contributed by atoms with Crippen molar-refractivity contribution in [2.45, 2.75) is 32.2 Å². The number of nitrogens with zero attached hydrogens (tertiary/aromatic N) is 1. The van der Waals surface area contributed by atoms with Crippen LogP contribution in [-0.2, 0) is 11.2 Å². The highest BCUT2D eigenvalue weighted by Gasteiger charge is 2.30. The van der Waals surface area contributed by atoms with Crippen molar-refractivity contribution in [1.29, 1.82) is 0 Å². The average Bonchev–Trinajstić information content (AvgIpc) is 3.05. The molecule has 120 valence electrons. The van der Waals surface area contributed by atoms with Crippen LogP contribution < -0.4 is 4.74 Å². The van der Waals surface area contributed by atoms with Crippen molar-refractivity contribution in [3.8, 4) is 5.75 Å². The molecule has 0 aliphatic carbocycles. The van der Waals surface area contributed by atoms with Crippen molar-refractivity contribution in [2.75, 3.05) is 13.7 Å². The van der Waals surface area contributed by atoms with Crippen LogP contribution in [-0.4, -0.2) is 24.5 Å². The molecule has 3 heteroatoms. The van der Waals surface area contributed by atoms with Crippen molar-refractivity contribution >= 4 is 5.91 Å². The molecule has 0 saturated carbocycles. The van der Waals surface area contributed by atoms with Crippen LogP contribution in [0.1, 0.15) is 35.6 Å². The molecule has 1 fully saturated rings. The molecule has 2 aromatic rings. The lowest BCUT2D eigenvalue weighted by molar-refractivity contribution is -0.131. The minimum Gasteiger partial charge on any atom is -0.497 e. The minimum atomic E-state index is 0.209. The summed E-state index contributed by atoms with van der Waals surface area (Å²) in [5.41, 5.74) is 3.58. The second-order valence-corrected chi connectivity index (χ2v) is 6.13. The number of likely N-dealkylation sites (tertiary alicyclic amines) is 1. The molecule has 0 spiro atoms. The Morgan fingerprint density at radius 1 is 1.17 bits per heavy atom. The summed E-state index contributed by atoms with van der Waals surface area (Å²) in [6.07, 6.45) is 2.58. The highest BCUT2D eigenvalue weighted by molar-refractivity contribution is 5.79. The third kappa shape index (κ3) is 3.39. The Morgan fingerprint density at radius 2 is 1.91 bits per heavy atom. The van der Waals surface area contributed by atoms with Crippen molar-refractivity contribution in [2.24, 2.45) is 0 Å². The zero-order chi connectivity index (χ0) is 16.2. The molecule has 2 aromatic carbocycles. The maximum Gasteiger partial charge on any atom is 0.227 e. The van der Waals surface area contributed by atoms with E-state index in [4.69, 9.17) is 4.74 Å². The van der Waals surface area contributed by atoms with Gasteiger partial charge in [-0.15, -0.1) is 0 Å². The molecule has 3 nitrogen and oxygen atoms in total. The highest BCUT2D eigenvalue weighted by Crippen LogP contribution is 2.34. The van der Waals surface area contributed by atoms with Gasteiger partial charge in [0.15, 0.2) is 0 Å². The largest absolute Gasteiger partial charge is 0.497 e. The Kier molecular flexibility index (Phi) is 4.65. The topological polar surface area (TPSA) is 29.5 Å². The van der Waals surface area contributed by atoms with E-state index in [0.717, 1.165) is 30.7 Å². The fraction of sp³-hybridized carbons (Fsp3) is 0.350. The van der Waals surface area contributed by atoms with Crippen LogP contribution in [0.15, 0.2) is 48.5 Å². The van der Waals surface area contributed by atoms with E-state index in [0.29, 0.717) is 6.42 Å². The number of rotatable bonds is 4. The van der Waals surface area contributed by atoms with Gasteiger partial charge in [0.2, 0.25) is 5.91 Å². The van der Waals surface area contributed by atoms with Gasteiger partial charge < -0.3 is 9.64 Å². The predicted molar refractivity (Wildman–Crippen MR) is 91.6 cm³/mol. The van der Waals surface area contributed by atoms with Crippen LogP contribution in [0.2, 0.25) is 0 Å². The fourth-order valence-corrected chi connectivity index (χ4v) is 3.37. The number of amides is 1. The molecule has 3 rings (SSSR count). The lowest BCUT2D eigenvalue weighted by Crippen LogP contribution is -2.32. The van der Waals surface area contributed by atoms with E-state index in [-0.39, 0.29) is 11.9 Å². The Hall–Kier alpha value is -2.29. The van der Waals surface area contributed by atoms with E-state index >= 15 is 0 Å². The maximum absolute atomic E-state index is 12.8. The molecule has 1 aliphatic rings. The van der Waals surface area contributed by atoms with Gasteiger partial charge in [0, 0.05) is 6.54 Å². The zero-order valence-electron chi connectivity index (χ0n) is 13.8. The van der Waals surface area contributed by atoms with E-state index in [2.05, 4.69) is 31.2 Å². The monoisotopic (exact) mass is 309 g/mol. The van der Waals surface area contributed by atoms with Crippen molar-refractivity contribution in [1.82, 2.24) is 4.90 Å². The van der Waals surface area contributed by atoms with Crippen LogP contribution in [0.5, 0.6) is 5.75 Å². The minimum absolute atomic E-state index is 0.209. The van der Waals surface area contributed by atoms with Crippen LogP contribution in [0.25, 0.3) is 0 Å². The number of benzene rings is 2. The molecular weight excluding hydrogens is 286 g/mol. The standard InChI is InChI=1S/C20H23NO2/c1-15-6-3-4-7-18(15)19-8-5-13-21(19)20(22)14-16-9-11-17(23-2)12-10-16/h3-4,6-7,9-12,19H,5,8,13-14H2,1-2H3/t19-/m0/s1. The molecule has 0 radical (unpaired) electrons. The lowest BCUT2D eigenvalue weighted by Gasteiger charge is -2.26. The number of hydrogen-bond acceptors (Lipinski definition) is 2. The first-order valence-electron chi connectivity index (χ1n) is 8.17. The van der Waals surface area contributed by atoms with Crippen molar-refractivity contribution in [3.63, 3.8) is 0 Å². The summed E-state index contributed by atoms with van der Waals surface area (Å²) in [6, 6.07) is 16.4. The number of ether oxygens (including phenoxy) is 1. The second kappa shape index (κ2) is 6.86. The van der Waals surface area contributed by atoms with Gasteiger partial charge in [-0.2, -0.15) is 0 Å². The number of methoxy groups -OCH3 is 1. The summed E-state index contributed by atoms with van der Waals surface area (Å²) in [5, 5.41) is 0. The number of aryl methyl sites for hydroxylation is 1. The molecule has 0 unspecified atom stereocenters. The van der Waals surface area contributed by atoms with Gasteiger partial charge in [-0.1, -0.05) is 36.4 Å². The average molecular weight is 309 g/mol. The molecule has 1 saturated heterocycles. The second-order valence-electron chi connectivity index (χ2n) is 6.13. The summed E-state index contributed by atoms with van der Waals surface area (Å²) in [6.45, 7) is 2.98. The van der Waals surface area contributed by atoms with Gasteiger partial charge in [0.25, 0.3) is 0 Å². The van der Waals surface area contributed by atoms with Gasteiger partial charge in [-0.05, 0) is 48.6 Å². The van der Waals surface area contributed by atoms with Crippen LogP contribution >= 0.6 is 0 Å². The van der Waals surface area contributed by atoms with Gasteiger partial charge in [-0.3, -0.25) is 4.79 Å². The first-order valence-corrected chi connectivity index (χ1v) is 8.17. The van der Waals surface area contributed by atoms with E-state index in [1.165, 1.54) is 11.1 Å².